The van der Waals surface area contributed by atoms with Gasteiger partial charge in [0.15, 0.2) is 5.65 Å². The van der Waals surface area contributed by atoms with E-state index in [4.69, 9.17) is 14.5 Å². The Kier molecular flexibility index (Phi) is 8.47. The number of carbonyl (C=O) groups excluding carboxylic acids is 1. The lowest BCUT2D eigenvalue weighted by Crippen LogP contribution is -2.38. The number of benzene rings is 1. The second kappa shape index (κ2) is 12.3. The van der Waals surface area contributed by atoms with Crippen molar-refractivity contribution in [2.24, 2.45) is 0 Å². The standard InChI is InChI=1S/C32H39N7O7S/c1-20-7-6-10-37(20)24-13-21(14-25(15-24)47(43,44)36(5)31(42)46-32(2,3)4)27-17-33-29-28(35-27)26(19-38(29)30(40)41)22-16-34-39(18-22)23-8-11-45-12-9-23/h13-20,23H,6-12H2,1-5H3,(H,40,41). The van der Waals surface area contributed by atoms with Gasteiger partial charge >= 0.3 is 12.2 Å². The minimum atomic E-state index is -4.34. The summed E-state index contributed by atoms with van der Waals surface area (Å²) in [6.45, 7) is 9.09. The Morgan fingerprint density at radius 2 is 1.81 bits per heavy atom. The van der Waals surface area contributed by atoms with Crippen molar-refractivity contribution in [2.45, 2.75) is 76.0 Å². The largest absolute Gasteiger partial charge is 0.464 e. The number of rotatable bonds is 6. The van der Waals surface area contributed by atoms with Gasteiger partial charge in [-0.2, -0.15) is 5.10 Å². The second-order valence-electron chi connectivity index (χ2n) is 13.0. The molecule has 1 atom stereocenters. The fraction of sp³-hybridized carbons (Fsp3) is 0.469. The van der Waals surface area contributed by atoms with E-state index in [9.17, 15) is 23.1 Å². The third kappa shape index (κ3) is 6.41. The molecule has 2 fully saturated rings. The van der Waals surface area contributed by atoms with Gasteiger partial charge in [0.2, 0.25) is 0 Å². The average molecular weight is 666 g/mol. The van der Waals surface area contributed by atoms with Crippen LogP contribution in [0.1, 0.15) is 59.4 Å². The summed E-state index contributed by atoms with van der Waals surface area (Å²) in [6.07, 6.45) is 7.77. The smallest absolute Gasteiger partial charge is 0.424 e. The van der Waals surface area contributed by atoms with Crippen molar-refractivity contribution >= 4 is 39.1 Å². The number of carbonyl (C=O) groups is 2. The normalized spacial score (nSPS) is 17.7. The van der Waals surface area contributed by atoms with Crippen molar-refractivity contribution in [1.82, 2.24) is 28.6 Å². The maximum absolute atomic E-state index is 13.8. The number of fused-ring (bicyclic) bond motifs is 1. The van der Waals surface area contributed by atoms with E-state index >= 15 is 0 Å². The van der Waals surface area contributed by atoms with Gasteiger partial charge in [0.25, 0.3) is 10.0 Å². The summed E-state index contributed by atoms with van der Waals surface area (Å²) in [7, 11) is -3.17. The first-order valence-electron chi connectivity index (χ1n) is 15.6. The monoisotopic (exact) mass is 665 g/mol. The molecule has 3 aromatic heterocycles. The van der Waals surface area contributed by atoms with Gasteiger partial charge in [0.05, 0.1) is 29.0 Å². The number of hydrogen-bond donors (Lipinski definition) is 1. The van der Waals surface area contributed by atoms with Gasteiger partial charge in [-0.3, -0.25) is 4.68 Å². The molecule has 1 amide bonds. The van der Waals surface area contributed by atoms with Crippen molar-refractivity contribution in [3.05, 3.63) is 43.0 Å². The summed E-state index contributed by atoms with van der Waals surface area (Å²) >= 11 is 0. The van der Waals surface area contributed by atoms with E-state index in [0.717, 1.165) is 36.8 Å². The van der Waals surface area contributed by atoms with Gasteiger partial charge in [0, 0.05) is 67.6 Å². The van der Waals surface area contributed by atoms with Crippen LogP contribution in [0.5, 0.6) is 0 Å². The van der Waals surface area contributed by atoms with Gasteiger partial charge in [-0.1, -0.05) is 0 Å². The maximum atomic E-state index is 13.8. The number of amides is 1. The molecule has 2 aliphatic rings. The van der Waals surface area contributed by atoms with Gasteiger partial charge in [-0.15, -0.1) is 0 Å². The van der Waals surface area contributed by atoms with Crippen molar-refractivity contribution < 1.29 is 32.6 Å². The molecule has 0 saturated carbocycles. The third-order valence-electron chi connectivity index (χ3n) is 8.56. The molecule has 250 valence electrons. The van der Waals surface area contributed by atoms with Gasteiger partial charge in [0.1, 0.15) is 11.1 Å². The zero-order valence-electron chi connectivity index (χ0n) is 27.1. The van der Waals surface area contributed by atoms with Crippen LogP contribution in [0.4, 0.5) is 15.3 Å². The van der Waals surface area contributed by atoms with E-state index in [1.54, 1.807) is 33.0 Å². The second-order valence-corrected chi connectivity index (χ2v) is 15.0. The number of aromatic nitrogens is 5. The zero-order chi connectivity index (χ0) is 33.7. The fourth-order valence-corrected chi connectivity index (χ4v) is 7.15. The summed E-state index contributed by atoms with van der Waals surface area (Å²) in [5.41, 5.74) is 2.21. The summed E-state index contributed by atoms with van der Waals surface area (Å²) in [6, 6.07) is 5.20. The van der Waals surface area contributed by atoms with E-state index < -0.39 is 27.8 Å². The number of ether oxygens (including phenoxy) is 2. The minimum absolute atomic E-state index is 0.111. The molecule has 0 aliphatic carbocycles. The predicted octanol–water partition coefficient (Wildman–Crippen LogP) is 5.38. The summed E-state index contributed by atoms with van der Waals surface area (Å²) in [5, 5.41) is 14.5. The molecule has 0 bridgehead atoms. The molecule has 2 aliphatic heterocycles. The lowest BCUT2D eigenvalue weighted by molar-refractivity contribution is 0.0420. The highest BCUT2D eigenvalue weighted by Gasteiger charge is 2.32. The summed E-state index contributed by atoms with van der Waals surface area (Å²) in [5.74, 6) is 0. The van der Waals surface area contributed by atoms with E-state index in [2.05, 4.69) is 21.9 Å². The maximum Gasteiger partial charge on any atom is 0.424 e. The van der Waals surface area contributed by atoms with Crippen LogP contribution in [0.15, 0.2) is 47.9 Å². The van der Waals surface area contributed by atoms with Crippen LogP contribution in [-0.2, 0) is 19.5 Å². The Hall–Kier alpha value is -4.50. The number of hydrogen-bond acceptors (Lipinski definition) is 10. The molecule has 1 unspecified atom stereocenters. The molecular weight excluding hydrogens is 626 g/mol. The van der Waals surface area contributed by atoms with Crippen LogP contribution in [0.25, 0.3) is 33.5 Å². The summed E-state index contributed by atoms with van der Waals surface area (Å²) in [4.78, 5) is 36.4. The molecule has 5 heterocycles. The highest BCUT2D eigenvalue weighted by atomic mass is 32.2. The van der Waals surface area contributed by atoms with Gasteiger partial charge in [-0.25, -0.2) is 36.8 Å². The molecule has 15 heteroatoms. The SMILES string of the molecule is CC1CCCN1c1cc(-c2cnc3c(n2)c(-c2cnn(C4CCOCC4)c2)cn3C(=O)O)cc(S(=O)(=O)N(C)C(=O)OC(C)(C)C)c1. The molecule has 14 nitrogen and oxygen atoms in total. The molecular formula is C32H39N7O7S. The van der Waals surface area contributed by atoms with E-state index in [1.165, 1.54) is 25.5 Å². The molecule has 1 aromatic carbocycles. The van der Waals surface area contributed by atoms with E-state index in [-0.39, 0.29) is 22.6 Å². The molecule has 0 spiro atoms. The first-order chi connectivity index (χ1) is 22.2. The van der Waals surface area contributed by atoms with Crippen LogP contribution in [-0.4, -0.2) is 92.8 Å². The molecule has 2 saturated heterocycles. The number of sulfonamides is 1. The van der Waals surface area contributed by atoms with Crippen molar-refractivity contribution in [3.63, 3.8) is 0 Å². The van der Waals surface area contributed by atoms with Crippen LogP contribution in [0, 0.1) is 0 Å². The zero-order valence-corrected chi connectivity index (χ0v) is 27.9. The Bertz CT molecular complexity index is 1940. The van der Waals surface area contributed by atoms with E-state index in [0.29, 0.717) is 51.1 Å². The van der Waals surface area contributed by atoms with Crippen molar-refractivity contribution in [1.29, 1.82) is 0 Å². The number of nitrogens with zero attached hydrogens (tertiary/aromatic N) is 7. The van der Waals surface area contributed by atoms with Crippen molar-refractivity contribution in [2.75, 3.05) is 31.7 Å². The quantitative estimate of drug-likeness (QED) is 0.281. The van der Waals surface area contributed by atoms with Crippen LogP contribution in [0.2, 0.25) is 0 Å². The number of anilines is 1. The third-order valence-corrected chi connectivity index (χ3v) is 10.3. The first-order valence-corrected chi connectivity index (χ1v) is 17.0. The Balaban J connectivity index is 1.46. The molecule has 6 rings (SSSR count). The topological polar surface area (TPSA) is 162 Å². The fourth-order valence-electron chi connectivity index (χ4n) is 6.06. The lowest BCUT2D eigenvalue weighted by Gasteiger charge is -2.27. The van der Waals surface area contributed by atoms with Gasteiger partial charge in [-0.05, 0) is 71.6 Å². The predicted molar refractivity (Wildman–Crippen MR) is 174 cm³/mol. The molecule has 47 heavy (non-hydrogen) atoms. The average Bonchev–Trinajstić information content (AvgIpc) is 3.78. The molecule has 0 radical (unpaired) electrons. The molecule has 4 aromatic rings. The molecule has 1 N–H and O–H groups in total. The van der Waals surface area contributed by atoms with Gasteiger partial charge < -0.3 is 19.5 Å². The highest BCUT2D eigenvalue weighted by Crippen LogP contribution is 2.36. The Morgan fingerprint density at radius 3 is 2.47 bits per heavy atom. The Labute approximate surface area is 273 Å². The van der Waals surface area contributed by atoms with Crippen LogP contribution in [0.3, 0.4) is 0 Å². The van der Waals surface area contributed by atoms with Crippen LogP contribution >= 0.6 is 0 Å². The van der Waals surface area contributed by atoms with Crippen LogP contribution < -0.4 is 4.90 Å². The first kappa shape index (κ1) is 32.4. The number of carboxylic acid groups (broad SMARTS) is 1. The highest BCUT2D eigenvalue weighted by molar-refractivity contribution is 7.89. The Morgan fingerprint density at radius 1 is 1.06 bits per heavy atom. The van der Waals surface area contributed by atoms with E-state index in [1.807, 2.05) is 16.9 Å². The minimum Gasteiger partial charge on any atom is -0.464 e. The summed E-state index contributed by atoms with van der Waals surface area (Å²) < 4.78 is 42.0. The lowest BCUT2D eigenvalue weighted by atomic mass is 10.1. The van der Waals surface area contributed by atoms with Crippen molar-refractivity contribution in [3.8, 4) is 22.4 Å².